The molecule has 7 aliphatic rings. The molecule has 2 unspecified atom stereocenters. The van der Waals surface area contributed by atoms with Crippen molar-refractivity contribution in [3.8, 4) is 0 Å². The van der Waals surface area contributed by atoms with E-state index in [9.17, 15) is 14.7 Å². The van der Waals surface area contributed by atoms with Crippen LogP contribution < -0.4 is 0 Å². The Bertz CT molecular complexity index is 1090. The molecule has 1 aromatic carbocycles. The smallest absolute Gasteiger partial charge is 0.338 e. The third kappa shape index (κ3) is 2.60. The predicted octanol–water partition coefficient (Wildman–Crippen LogP) is 3.05. The highest BCUT2D eigenvalue weighted by Crippen LogP contribution is 2.77. The average Bonchev–Trinajstić information content (AvgIpc) is 2.92. The summed E-state index contributed by atoms with van der Waals surface area (Å²) in [5.74, 6) is -1.62. The lowest BCUT2D eigenvalue weighted by molar-refractivity contribution is -0.269. The van der Waals surface area contributed by atoms with E-state index in [1.54, 1.807) is 19.2 Å². The van der Waals surface area contributed by atoms with Crippen molar-refractivity contribution in [2.75, 3.05) is 20.2 Å². The van der Waals surface area contributed by atoms with E-state index < -0.39 is 17.6 Å². The molecule has 7 fully saturated rings. The Balaban J connectivity index is 1.46. The van der Waals surface area contributed by atoms with Crippen LogP contribution in [0.25, 0.3) is 0 Å². The quantitative estimate of drug-likeness (QED) is 0.643. The molecule has 11 atom stereocenters. The molecule has 3 saturated heterocycles. The first-order valence-corrected chi connectivity index (χ1v) is 13.8. The van der Waals surface area contributed by atoms with E-state index in [1.165, 1.54) is 0 Å². The first-order valence-electron chi connectivity index (χ1n) is 13.8. The number of likely N-dealkylation sites (tertiary alicyclic amines) is 1. The van der Waals surface area contributed by atoms with Gasteiger partial charge in [-0.3, -0.25) is 9.69 Å². The summed E-state index contributed by atoms with van der Waals surface area (Å²) in [5.41, 5.74) is -1.23. The van der Waals surface area contributed by atoms with E-state index in [0.717, 1.165) is 32.4 Å². The number of hydrogen-bond donors (Lipinski definition) is 1. The molecule has 7 heteroatoms. The van der Waals surface area contributed by atoms with E-state index >= 15 is 0 Å². The van der Waals surface area contributed by atoms with Gasteiger partial charge >= 0.3 is 11.9 Å². The molecular weight excluding hydrogens is 458 g/mol. The number of piperidine rings is 1. The molecule has 3 aliphatic heterocycles. The Morgan fingerprint density at radius 1 is 1.22 bits per heavy atom. The summed E-state index contributed by atoms with van der Waals surface area (Å²) >= 11 is 0. The highest BCUT2D eigenvalue weighted by Gasteiger charge is 2.85. The highest BCUT2D eigenvalue weighted by atomic mass is 16.6. The molecule has 0 amide bonds. The number of fused-ring (bicyclic) bond motifs is 2. The molecule has 8 rings (SSSR count). The Kier molecular flexibility index (Phi) is 4.86. The molecule has 7 nitrogen and oxygen atoms in total. The molecule has 194 valence electrons. The van der Waals surface area contributed by atoms with Crippen LogP contribution in [0, 0.1) is 34.5 Å². The molecular formula is C29H37NO6. The van der Waals surface area contributed by atoms with Crippen LogP contribution in [0.4, 0.5) is 0 Å². The highest BCUT2D eigenvalue weighted by molar-refractivity contribution is 5.89. The zero-order valence-corrected chi connectivity index (χ0v) is 21.4. The summed E-state index contributed by atoms with van der Waals surface area (Å²) < 4.78 is 18.7. The van der Waals surface area contributed by atoms with Crippen molar-refractivity contribution in [3.63, 3.8) is 0 Å². The Labute approximate surface area is 212 Å². The van der Waals surface area contributed by atoms with Gasteiger partial charge < -0.3 is 19.3 Å². The van der Waals surface area contributed by atoms with Gasteiger partial charge in [0.2, 0.25) is 0 Å². The second-order valence-corrected chi connectivity index (χ2v) is 12.6. The Hall–Kier alpha value is -1.96. The molecule has 1 aromatic rings. The first-order chi connectivity index (χ1) is 17.3. The van der Waals surface area contributed by atoms with Gasteiger partial charge in [-0.2, -0.15) is 0 Å². The maximum absolute atomic E-state index is 13.5. The maximum Gasteiger partial charge on any atom is 0.338 e. The first kappa shape index (κ1) is 23.2. The summed E-state index contributed by atoms with van der Waals surface area (Å²) in [6.07, 6.45) is 3.10. The topological polar surface area (TPSA) is 85.3 Å². The summed E-state index contributed by atoms with van der Waals surface area (Å²) in [6.45, 7) is 6.29. The predicted molar refractivity (Wildman–Crippen MR) is 130 cm³/mol. The number of carbonyl (C=O) groups is 2. The van der Waals surface area contributed by atoms with Crippen LogP contribution in [0.2, 0.25) is 0 Å². The van der Waals surface area contributed by atoms with Crippen molar-refractivity contribution < 1.29 is 28.9 Å². The third-order valence-corrected chi connectivity index (χ3v) is 11.3. The maximum atomic E-state index is 13.5. The standard InChI is InChI=1S/C29H37NO6/c1-4-30-15-27(2)12-11-19(34-3)29-18-14-17-10-13-28(33,20(18)26(32)35-17)21(24(29)30)22(23(27)29)36-25(31)16-8-6-5-7-9-16/h5-9,17-24,33H,4,10-15H2,1-3H3/t17-,18+,19?,20+,21-,22?,23+,24+,27-,28+,29-/m0/s1. The Morgan fingerprint density at radius 2 is 2.00 bits per heavy atom. The molecule has 1 N–H and O–H groups in total. The minimum absolute atomic E-state index is 0.00435. The fraction of sp³-hybridized carbons (Fsp3) is 0.724. The van der Waals surface area contributed by atoms with Gasteiger partial charge in [0.05, 0.1) is 23.2 Å². The minimum atomic E-state index is -1.27. The number of rotatable bonds is 4. The number of carbonyl (C=O) groups excluding carboxylic acids is 2. The molecule has 0 aromatic heterocycles. The van der Waals surface area contributed by atoms with Gasteiger partial charge in [-0.05, 0) is 62.1 Å². The normalized spacial score (nSPS) is 50.4. The monoisotopic (exact) mass is 495 g/mol. The fourth-order valence-electron chi connectivity index (χ4n) is 10.5. The number of aliphatic hydroxyl groups is 1. The fourth-order valence-corrected chi connectivity index (χ4v) is 10.5. The van der Waals surface area contributed by atoms with Crippen LogP contribution in [-0.4, -0.2) is 72.1 Å². The zero-order chi connectivity index (χ0) is 25.0. The van der Waals surface area contributed by atoms with Crippen LogP contribution >= 0.6 is 0 Å². The summed E-state index contributed by atoms with van der Waals surface area (Å²) in [4.78, 5) is 29.6. The second kappa shape index (κ2) is 7.55. The van der Waals surface area contributed by atoms with Crippen molar-refractivity contribution in [1.82, 2.24) is 4.90 Å². The number of hydrogen-bond acceptors (Lipinski definition) is 7. The molecule has 4 aliphatic carbocycles. The average molecular weight is 496 g/mol. The van der Waals surface area contributed by atoms with Gasteiger partial charge in [0.15, 0.2) is 0 Å². The van der Waals surface area contributed by atoms with Gasteiger partial charge in [0.25, 0.3) is 0 Å². The molecule has 9 bridgehead atoms. The van der Waals surface area contributed by atoms with Gasteiger partial charge in [-0.15, -0.1) is 0 Å². The van der Waals surface area contributed by atoms with Crippen molar-refractivity contribution in [1.29, 1.82) is 0 Å². The van der Waals surface area contributed by atoms with Crippen molar-refractivity contribution in [3.05, 3.63) is 35.9 Å². The second-order valence-electron chi connectivity index (χ2n) is 12.6. The van der Waals surface area contributed by atoms with Gasteiger partial charge in [-0.25, -0.2) is 4.79 Å². The molecule has 4 saturated carbocycles. The van der Waals surface area contributed by atoms with Gasteiger partial charge in [-0.1, -0.05) is 32.0 Å². The van der Waals surface area contributed by atoms with E-state index in [-0.39, 0.29) is 58.8 Å². The summed E-state index contributed by atoms with van der Waals surface area (Å²) in [6, 6.07) is 9.13. The van der Waals surface area contributed by atoms with Crippen molar-refractivity contribution in [2.45, 2.75) is 75.9 Å². The van der Waals surface area contributed by atoms with Crippen LogP contribution in [0.1, 0.15) is 56.3 Å². The van der Waals surface area contributed by atoms with Crippen LogP contribution in [0.5, 0.6) is 0 Å². The summed E-state index contributed by atoms with van der Waals surface area (Å²) in [7, 11) is 1.79. The minimum Gasteiger partial charge on any atom is -0.462 e. The van der Waals surface area contributed by atoms with E-state index in [0.29, 0.717) is 18.4 Å². The SMILES string of the molecule is CCN1C[C@]2(C)CCC(OC)[C@@]34[C@@H]5C[C@@H]6CC[C@@](O)([C@H]5C(=O)O6)[C@@H](C(OC(=O)c5ccccc5)[C@H]23)[C@@H]14. The van der Waals surface area contributed by atoms with E-state index in [1.807, 2.05) is 18.2 Å². The lowest BCUT2D eigenvalue weighted by atomic mass is 9.42. The number of esters is 2. The largest absolute Gasteiger partial charge is 0.462 e. The van der Waals surface area contributed by atoms with Crippen LogP contribution in [0.3, 0.4) is 0 Å². The molecule has 36 heavy (non-hydrogen) atoms. The number of methoxy groups -OCH3 is 1. The number of benzene rings is 1. The number of nitrogens with zero attached hydrogens (tertiary/aromatic N) is 1. The van der Waals surface area contributed by atoms with Crippen molar-refractivity contribution in [2.24, 2.45) is 34.5 Å². The van der Waals surface area contributed by atoms with E-state index in [4.69, 9.17) is 14.2 Å². The van der Waals surface area contributed by atoms with Crippen LogP contribution in [0.15, 0.2) is 30.3 Å². The van der Waals surface area contributed by atoms with Crippen molar-refractivity contribution >= 4 is 11.9 Å². The van der Waals surface area contributed by atoms with Gasteiger partial charge in [0.1, 0.15) is 12.2 Å². The summed E-state index contributed by atoms with van der Waals surface area (Å²) in [5, 5.41) is 12.6. The lowest BCUT2D eigenvalue weighted by Gasteiger charge is -2.69. The van der Waals surface area contributed by atoms with E-state index in [2.05, 4.69) is 18.7 Å². The number of ether oxygens (including phenoxy) is 3. The zero-order valence-electron chi connectivity index (χ0n) is 21.4. The van der Waals surface area contributed by atoms with Crippen LogP contribution in [-0.2, 0) is 19.0 Å². The third-order valence-electron chi connectivity index (χ3n) is 11.3. The molecule has 0 radical (unpaired) electrons. The van der Waals surface area contributed by atoms with Gasteiger partial charge in [0, 0.05) is 36.9 Å². The lowest BCUT2D eigenvalue weighted by Crippen LogP contribution is -2.76. The molecule has 1 spiro atoms. The molecule has 3 heterocycles. The Morgan fingerprint density at radius 3 is 2.72 bits per heavy atom.